The van der Waals surface area contributed by atoms with Crippen molar-refractivity contribution in [1.82, 2.24) is 10.2 Å². The summed E-state index contributed by atoms with van der Waals surface area (Å²) in [6, 6.07) is 2.90. The molecule has 0 radical (unpaired) electrons. The zero-order valence-corrected chi connectivity index (χ0v) is 13.7. The molecule has 1 aromatic heterocycles. The molecule has 1 saturated heterocycles. The van der Waals surface area contributed by atoms with E-state index < -0.39 is 0 Å². The van der Waals surface area contributed by atoms with Crippen LogP contribution in [-0.2, 0) is 6.54 Å². The van der Waals surface area contributed by atoms with Gasteiger partial charge in [0.15, 0.2) is 0 Å². The quantitative estimate of drug-likeness (QED) is 0.855. The average molecular weight is 331 g/mol. The molecule has 0 amide bonds. The Labute approximate surface area is 123 Å². The van der Waals surface area contributed by atoms with Crippen molar-refractivity contribution in [3.05, 3.63) is 20.8 Å². The SMILES string of the molecule is CC(C)C(CNCc1cc(Br)cs1)N1CCCC1. The van der Waals surface area contributed by atoms with Gasteiger partial charge in [-0.1, -0.05) is 13.8 Å². The third-order valence-corrected chi connectivity index (χ3v) is 5.35. The van der Waals surface area contributed by atoms with Crippen LogP contribution < -0.4 is 5.32 Å². The maximum atomic E-state index is 3.62. The fourth-order valence-electron chi connectivity index (χ4n) is 2.65. The van der Waals surface area contributed by atoms with Crippen LogP contribution in [0.5, 0.6) is 0 Å². The van der Waals surface area contributed by atoms with Crippen LogP contribution in [0.25, 0.3) is 0 Å². The Bertz CT molecular complexity index is 358. The summed E-state index contributed by atoms with van der Waals surface area (Å²) >= 11 is 5.32. The normalized spacial score (nSPS) is 18.7. The summed E-state index contributed by atoms with van der Waals surface area (Å²) < 4.78 is 1.20. The van der Waals surface area contributed by atoms with Crippen LogP contribution >= 0.6 is 27.3 Å². The van der Waals surface area contributed by atoms with E-state index >= 15 is 0 Å². The number of thiophene rings is 1. The van der Waals surface area contributed by atoms with E-state index in [9.17, 15) is 0 Å². The van der Waals surface area contributed by atoms with Gasteiger partial charge in [0.25, 0.3) is 0 Å². The summed E-state index contributed by atoms with van der Waals surface area (Å²) in [6.07, 6.45) is 2.75. The standard InChI is InChI=1S/C14H23BrN2S/c1-11(2)14(17-5-3-4-6-17)9-16-8-13-7-12(15)10-18-13/h7,10-11,14,16H,3-6,8-9H2,1-2H3. The monoisotopic (exact) mass is 330 g/mol. The van der Waals surface area contributed by atoms with E-state index in [1.54, 1.807) is 0 Å². The minimum absolute atomic E-state index is 0.691. The van der Waals surface area contributed by atoms with Gasteiger partial charge >= 0.3 is 0 Å². The van der Waals surface area contributed by atoms with E-state index in [2.05, 4.69) is 51.4 Å². The second kappa shape index (κ2) is 7.04. The molecule has 1 N–H and O–H groups in total. The Morgan fingerprint density at radius 2 is 2.11 bits per heavy atom. The van der Waals surface area contributed by atoms with E-state index in [4.69, 9.17) is 0 Å². The zero-order valence-electron chi connectivity index (χ0n) is 11.3. The molecule has 0 spiro atoms. The van der Waals surface area contributed by atoms with Crippen molar-refractivity contribution < 1.29 is 0 Å². The Morgan fingerprint density at radius 3 is 2.67 bits per heavy atom. The fourth-order valence-corrected chi connectivity index (χ4v) is 4.07. The van der Waals surface area contributed by atoms with Crippen molar-refractivity contribution in [1.29, 1.82) is 0 Å². The molecule has 1 aliphatic heterocycles. The van der Waals surface area contributed by atoms with Crippen molar-refractivity contribution in [3.63, 3.8) is 0 Å². The van der Waals surface area contributed by atoms with E-state index in [0.717, 1.165) is 19.0 Å². The predicted molar refractivity (Wildman–Crippen MR) is 83.2 cm³/mol. The molecule has 0 saturated carbocycles. The van der Waals surface area contributed by atoms with E-state index in [1.165, 1.54) is 35.3 Å². The highest BCUT2D eigenvalue weighted by atomic mass is 79.9. The lowest BCUT2D eigenvalue weighted by atomic mass is 10.0. The maximum absolute atomic E-state index is 3.62. The smallest absolute Gasteiger partial charge is 0.0300 e. The van der Waals surface area contributed by atoms with Gasteiger partial charge < -0.3 is 5.32 Å². The van der Waals surface area contributed by atoms with Crippen LogP contribution in [0.3, 0.4) is 0 Å². The van der Waals surface area contributed by atoms with Crippen LogP contribution in [0, 0.1) is 5.92 Å². The molecule has 18 heavy (non-hydrogen) atoms. The van der Waals surface area contributed by atoms with Crippen LogP contribution in [0.1, 0.15) is 31.6 Å². The van der Waals surface area contributed by atoms with Gasteiger partial charge in [0.1, 0.15) is 0 Å². The van der Waals surface area contributed by atoms with Crippen LogP contribution in [0.4, 0.5) is 0 Å². The Balaban J connectivity index is 1.78. The van der Waals surface area contributed by atoms with E-state index in [0.29, 0.717) is 6.04 Å². The average Bonchev–Trinajstić information content (AvgIpc) is 2.95. The minimum atomic E-state index is 0.691. The van der Waals surface area contributed by atoms with Gasteiger partial charge in [-0.05, 0) is 53.8 Å². The summed E-state index contributed by atoms with van der Waals surface area (Å²) in [5.74, 6) is 0.727. The van der Waals surface area contributed by atoms with Crippen molar-refractivity contribution >= 4 is 27.3 Å². The fraction of sp³-hybridized carbons (Fsp3) is 0.714. The topological polar surface area (TPSA) is 15.3 Å². The predicted octanol–water partition coefficient (Wildman–Crippen LogP) is 3.72. The summed E-state index contributed by atoms with van der Waals surface area (Å²) in [5.41, 5.74) is 0. The van der Waals surface area contributed by atoms with Crippen LogP contribution in [0.15, 0.2) is 15.9 Å². The van der Waals surface area contributed by atoms with Gasteiger partial charge in [-0.3, -0.25) is 4.90 Å². The lowest BCUT2D eigenvalue weighted by Gasteiger charge is -2.31. The molecule has 1 fully saturated rings. The molecule has 1 aromatic rings. The first-order valence-electron chi connectivity index (χ1n) is 6.84. The maximum Gasteiger partial charge on any atom is 0.0300 e. The third-order valence-electron chi connectivity index (χ3n) is 3.65. The molecule has 2 rings (SSSR count). The first kappa shape index (κ1) is 14.5. The number of nitrogens with one attached hydrogen (secondary N) is 1. The molecular formula is C14H23BrN2S. The highest BCUT2D eigenvalue weighted by Crippen LogP contribution is 2.20. The molecule has 1 aliphatic rings. The van der Waals surface area contributed by atoms with Gasteiger partial charge in [0, 0.05) is 33.9 Å². The molecule has 1 unspecified atom stereocenters. The molecule has 4 heteroatoms. The summed E-state index contributed by atoms with van der Waals surface area (Å²) in [5, 5.41) is 5.77. The third kappa shape index (κ3) is 4.05. The lowest BCUT2D eigenvalue weighted by molar-refractivity contribution is 0.186. The molecule has 0 bridgehead atoms. The van der Waals surface area contributed by atoms with Gasteiger partial charge in [0.2, 0.25) is 0 Å². The van der Waals surface area contributed by atoms with Gasteiger partial charge in [0.05, 0.1) is 0 Å². The number of halogens is 1. The number of rotatable bonds is 6. The second-order valence-electron chi connectivity index (χ2n) is 5.42. The van der Waals surface area contributed by atoms with Crippen LogP contribution in [-0.4, -0.2) is 30.6 Å². The van der Waals surface area contributed by atoms with Crippen molar-refractivity contribution in [2.75, 3.05) is 19.6 Å². The van der Waals surface area contributed by atoms with Gasteiger partial charge in [-0.25, -0.2) is 0 Å². The highest BCUT2D eigenvalue weighted by Gasteiger charge is 2.23. The Kier molecular flexibility index (Phi) is 5.67. The molecule has 102 valence electrons. The lowest BCUT2D eigenvalue weighted by Crippen LogP contribution is -2.43. The minimum Gasteiger partial charge on any atom is -0.310 e. The van der Waals surface area contributed by atoms with Crippen molar-refractivity contribution in [2.45, 2.75) is 39.3 Å². The van der Waals surface area contributed by atoms with Gasteiger partial charge in [-0.2, -0.15) is 0 Å². The van der Waals surface area contributed by atoms with Crippen molar-refractivity contribution in [2.24, 2.45) is 5.92 Å². The summed E-state index contributed by atoms with van der Waals surface area (Å²) in [7, 11) is 0. The number of likely N-dealkylation sites (tertiary alicyclic amines) is 1. The first-order valence-corrected chi connectivity index (χ1v) is 8.52. The van der Waals surface area contributed by atoms with Crippen LogP contribution in [0.2, 0.25) is 0 Å². The molecule has 2 nitrogen and oxygen atoms in total. The second-order valence-corrected chi connectivity index (χ2v) is 7.33. The largest absolute Gasteiger partial charge is 0.310 e. The number of hydrogen-bond donors (Lipinski definition) is 1. The van der Waals surface area contributed by atoms with E-state index in [-0.39, 0.29) is 0 Å². The Hall–Kier alpha value is 0.1000. The number of nitrogens with zero attached hydrogens (tertiary/aromatic N) is 1. The zero-order chi connectivity index (χ0) is 13.0. The summed E-state index contributed by atoms with van der Waals surface area (Å²) in [4.78, 5) is 4.06. The van der Waals surface area contributed by atoms with E-state index in [1.807, 2.05) is 11.3 Å². The van der Waals surface area contributed by atoms with Gasteiger partial charge in [-0.15, -0.1) is 11.3 Å². The summed E-state index contributed by atoms with van der Waals surface area (Å²) in [6.45, 7) is 9.35. The molecule has 1 atom stereocenters. The first-order chi connectivity index (χ1) is 8.66. The molecule has 2 heterocycles. The molecule has 0 aliphatic carbocycles. The molecule has 0 aromatic carbocycles. The Morgan fingerprint density at radius 1 is 1.39 bits per heavy atom. The molecular weight excluding hydrogens is 308 g/mol. The highest BCUT2D eigenvalue weighted by molar-refractivity contribution is 9.10. The number of hydrogen-bond acceptors (Lipinski definition) is 3. The van der Waals surface area contributed by atoms with Crippen molar-refractivity contribution in [3.8, 4) is 0 Å².